The maximum atomic E-state index is 12.9. The van der Waals surface area contributed by atoms with Crippen LogP contribution in [0.3, 0.4) is 0 Å². The first kappa shape index (κ1) is 12.0. The van der Waals surface area contributed by atoms with Gasteiger partial charge in [-0.1, -0.05) is 13.8 Å². The predicted molar refractivity (Wildman–Crippen MR) is 49.7 cm³/mol. The highest BCUT2D eigenvalue weighted by molar-refractivity contribution is 5.35. The number of benzene rings is 1. The first-order valence-corrected chi connectivity index (χ1v) is 4.55. The molecule has 4 heteroatoms. The molecule has 0 fully saturated rings. The normalized spacial score (nSPS) is 12.2. The van der Waals surface area contributed by atoms with Gasteiger partial charge in [-0.2, -0.15) is 13.2 Å². The van der Waals surface area contributed by atoms with Crippen molar-refractivity contribution in [1.29, 1.82) is 0 Å². The predicted octanol–water partition coefficient (Wildman–Crippen LogP) is 4.20. The number of hydrogen-bond donors (Lipinski definition) is 0. The van der Waals surface area contributed by atoms with Crippen molar-refractivity contribution in [1.82, 2.24) is 0 Å². The van der Waals surface area contributed by atoms with Crippen LogP contribution in [-0.2, 0) is 6.18 Å². The summed E-state index contributed by atoms with van der Waals surface area (Å²) >= 11 is 0. The Balaban J connectivity index is 3.17. The minimum Gasteiger partial charge on any atom is -0.207 e. The molecule has 0 spiro atoms. The minimum absolute atomic E-state index is 0.310. The van der Waals surface area contributed by atoms with Gasteiger partial charge in [0.1, 0.15) is 5.82 Å². The van der Waals surface area contributed by atoms with Crippen LogP contribution in [-0.4, -0.2) is 0 Å². The van der Waals surface area contributed by atoms with Gasteiger partial charge in [-0.05, 0) is 30.2 Å². The van der Waals surface area contributed by atoms with Crippen LogP contribution >= 0.6 is 0 Å². The molecule has 1 aromatic carbocycles. The number of rotatable bonds is 2. The van der Waals surface area contributed by atoms with E-state index in [2.05, 4.69) is 0 Å². The molecule has 83 valence electrons. The van der Waals surface area contributed by atoms with Gasteiger partial charge in [0.05, 0.1) is 5.56 Å². The Bertz CT molecular complexity index is 341. The SMILES string of the molecule is CC[C](C)c1cc(F)cc(C(F)(F)F)c1. The third-order valence-corrected chi connectivity index (χ3v) is 2.25. The summed E-state index contributed by atoms with van der Waals surface area (Å²) in [6, 6.07) is 2.60. The molecule has 15 heavy (non-hydrogen) atoms. The van der Waals surface area contributed by atoms with Crippen molar-refractivity contribution in [2.24, 2.45) is 0 Å². The van der Waals surface area contributed by atoms with Gasteiger partial charge in [0, 0.05) is 5.92 Å². The zero-order valence-electron chi connectivity index (χ0n) is 8.45. The van der Waals surface area contributed by atoms with Crippen molar-refractivity contribution in [2.45, 2.75) is 26.4 Å². The van der Waals surface area contributed by atoms with Crippen molar-refractivity contribution in [2.75, 3.05) is 0 Å². The second kappa shape index (κ2) is 4.21. The van der Waals surface area contributed by atoms with Crippen molar-refractivity contribution in [3.8, 4) is 0 Å². The van der Waals surface area contributed by atoms with Gasteiger partial charge >= 0.3 is 6.18 Å². The molecular weight excluding hydrogens is 208 g/mol. The van der Waals surface area contributed by atoms with E-state index in [-0.39, 0.29) is 0 Å². The first-order valence-electron chi connectivity index (χ1n) is 4.55. The van der Waals surface area contributed by atoms with E-state index in [9.17, 15) is 17.6 Å². The lowest BCUT2D eigenvalue weighted by molar-refractivity contribution is -0.137. The number of hydrogen-bond acceptors (Lipinski definition) is 0. The van der Waals surface area contributed by atoms with Crippen LogP contribution in [0.1, 0.15) is 31.4 Å². The zero-order chi connectivity index (χ0) is 11.6. The molecule has 1 aromatic rings. The van der Waals surface area contributed by atoms with Crippen LogP contribution in [0.5, 0.6) is 0 Å². The first-order chi connectivity index (χ1) is 6.84. The Morgan fingerprint density at radius 3 is 2.27 bits per heavy atom. The molecule has 0 aliphatic heterocycles. The van der Waals surface area contributed by atoms with Gasteiger partial charge in [-0.3, -0.25) is 0 Å². The molecular formula is C11H11F4. The fourth-order valence-electron chi connectivity index (χ4n) is 1.20. The smallest absolute Gasteiger partial charge is 0.207 e. The third-order valence-electron chi connectivity index (χ3n) is 2.25. The molecule has 0 aromatic heterocycles. The number of alkyl halides is 3. The average molecular weight is 219 g/mol. The van der Waals surface area contributed by atoms with Gasteiger partial charge in [0.25, 0.3) is 0 Å². The lowest BCUT2D eigenvalue weighted by atomic mass is 9.96. The second-order valence-corrected chi connectivity index (χ2v) is 3.36. The molecule has 0 nitrogen and oxygen atoms in total. The molecule has 0 saturated carbocycles. The van der Waals surface area contributed by atoms with E-state index in [4.69, 9.17) is 0 Å². The highest BCUT2D eigenvalue weighted by Crippen LogP contribution is 2.32. The Hall–Kier alpha value is -1.06. The van der Waals surface area contributed by atoms with Crippen LogP contribution in [0, 0.1) is 11.7 Å². The van der Waals surface area contributed by atoms with Gasteiger partial charge < -0.3 is 0 Å². The molecule has 0 aliphatic rings. The molecule has 1 rings (SSSR count). The van der Waals surface area contributed by atoms with E-state index in [1.54, 1.807) is 6.92 Å². The lowest BCUT2D eigenvalue weighted by Gasteiger charge is -2.12. The standard InChI is InChI=1S/C11H11F4/c1-3-7(2)8-4-9(11(13,14)15)6-10(12)5-8/h4-6H,3H2,1-2H3. The number of halogens is 4. The van der Waals surface area contributed by atoms with E-state index in [1.165, 1.54) is 0 Å². The van der Waals surface area contributed by atoms with E-state index in [0.29, 0.717) is 18.1 Å². The molecule has 0 atom stereocenters. The quantitative estimate of drug-likeness (QED) is 0.654. The Morgan fingerprint density at radius 2 is 1.80 bits per heavy atom. The second-order valence-electron chi connectivity index (χ2n) is 3.36. The Kier molecular flexibility index (Phi) is 3.37. The lowest BCUT2D eigenvalue weighted by Crippen LogP contribution is -2.07. The summed E-state index contributed by atoms with van der Waals surface area (Å²) in [7, 11) is 0. The summed E-state index contributed by atoms with van der Waals surface area (Å²) in [5, 5.41) is 0. The maximum absolute atomic E-state index is 12.9. The third kappa shape index (κ3) is 2.94. The molecule has 0 aliphatic carbocycles. The summed E-state index contributed by atoms with van der Waals surface area (Å²) in [6.07, 6.45) is -3.90. The molecule has 0 amide bonds. The minimum atomic E-state index is -4.50. The molecule has 0 N–H and O–H groups in total. The molecule has 1 radical (unpaired) electrons. The summed E-state index contributed by atoms with van der Waals surface area (Å²) in [6.45, 7) is 3.50. The van der Waals surface area contributed by atoms with Gasteiger partial charge in [-0.15, -0.1) is 0 Å². The molecule has 0 heterocycles. The Labute approximate surface area is 85.9 Å². The Morgan fingerprint density at radius 1 is 1.20 bits per heavy atom. The fourth-order valence-corrected chi connectivity index (χ4v) is 1.20. The summed E-state index contributed by atoms with van der Waals surface area (Å²) in [4.78, 5) is 0. The summed E-state index contributed by atoms with van der Waals surface area (Å²) in [5.74, 6) is -0.118. The van der Waals surface area contributed by atoms with E-state index in [0.717, 1.165) is 18.1 Å². The molecule has 0 saturated heterocycles. The maximum Gasteiger partial charge on any atom is 0.416 e. The van der Waals surface area contributed by atoms with E-state index >= 15 is 0 Å². The molecule has 0 bridgehead atoms. The van der Waals surface area contributed by atoms with Crippen LogP contribution in [0.4, 0.5) is 17.6 Å². The van der Waals surface area contributed by atoms with Crippen molar-refractivity contribution < 1.29 is 17.6 Å². The highest BCUT2D eigenvalue weighted by Gasteiger charge is 2.31. The van der Waals surface area contributed by atoms with Crippen molar-refractivity contribution in [3.63, 3.8) is 0 Å². The largest absolute Gasteiger partial charge is 0.416 e. The van der Waals surface area contributed by atoms with E-state index in [1.807, 2.05) is 6.92 Å². The monoisotopic (exact) mass is 219 g/mol. The topological polar surface area (TPSA) is 0 Å². The highest BCUT2D eigenvalue weighted by atomic mass is 19.4. The van der Waals surface area contributed by atoms with Gasteiger partial charge in [0.15, 0.2) is 0 Å². The van der Waals surface area contributed by atoms with E-state index < -0.39 is 17.6 Å². The van der Waals surface area contributed by atoms with Gasteiger partial charge in [-0.25, -0.2) is 4.39 Å². The molecule has 0 unspecified atom stereocenters. The van der Waals surface area contributed by atoms with Crippen molar-refractivity contribution >= 4 is 0 Å². The van der Waals surface area contributed by atoms with Crippen LogP contribution in [0.2, 0.25) is 0 Å². The van der Waals surface area contributed by atoms with Crippen LogP contribution in [0.15, 0.2) is 18.2 Å². The van der Waals surface area contributed by atoms with Crippen LogP contribution in [0.25, 0.3) is 0 Å². The summed E-state index contributed by atoms with van der Waals surface area (Å²) < 4.78 is 50.0. The van der Waals surface area contributed by atoms with Gasteiger partial charge in [0.2, 0.25) is 0 Å². The van der Waals surface area contributed by atoms with Crippen LogP contribution < -0.4 is 0 Å². The van der Waals surface area contributed by atoms with Crippen molar-refractivity contribution in [3.05, 3.63) is 41.1 Å². The summed E-state index contributed by atoms with van der Waals surface area (Å²) in [5.41, 5.74) is -0.630. The average Bonchev–Trinajstić information content (AvgIpc) is 2.14. The fraction of sp³-hybridized carbons (Fsp3) is 0.364. The zero-order valence-corrected chi connectivity index (χ0v) is 8.45.